The van der Waals surface area contributed by atoms with Crippen molar-refractivity contribution in [2.45, 2.75) is 45.2 Å². The highest BCUT2D eigenvalue weighted by molar-refractivity contribution is 6.30. The van der Waals surface area contributed by atoms with E-state index in [1.54, 1.807) is 36.4 Å². The molecule has 2 saturated heterocycles. The number of benzene rings is 2. The standard InChI is InChI=1S/C30H31ClFN5O4/c1-19-15-36(27-3-2-4-29(34-27)41-18-21-5-7-22(31)14-24(21)32)11-10-35(19)17-28-33-25-8-6-20(30(38)39)13-26(25)37(28)16-23-9-12-40-23/h2-8,13-14,19,23H,9-12,15-18H2,1H3,(H,38,39)/t19-,23-/m0/s1. The number of aromatic nitrogens is 3. The maximum atomic E-state index is 14.1. The predicted octanol–water partition coefficient (Wildman–Crippen LogP) is 5.00. The summed E-state index contributed by atoms with van der Waals surface area (Å²) in [5.74, 6) is 0.780. The van der Waals surface area contributed by atoms with Gasteiger partial charge in [0.15, 0.2) is 0 Å². The van der Waals surface area contributed by atoms with Crippen molar-refractivity contribution in [2.24, 2.45) is 0 Å². The fraction of sp³-hybridized carbons (Fsp3) is 0.367. The van der Waals surface area contributed by atoms with Crippen molar-refractivity contribution in [3.8, 4) is 5.88 Å². The summed E-state index contributed by atoms with van der Waals surface area (Å²) in [6, 6.07) is 15.4. The normalized spacial score (nSPS) is 19.3. The molecule has 214 valence electrons. The Morgan fingerprint density at radius 2 is 2.02 bits per heavy atom. The molecule has 0 saturated carbocycles. The zero-order valence-corrected chi connectivity index (χ0v) is 23.4. The molecule has 1 N–H and O–H groups in total. The van der Waals surface area contributed by atoms with E-state index in [-0.39, 0.29) is 24.3 Å². The maximum absolute atomic E-state index is 14.1. The van der Waals surface area contributed by atoms with Crippen LogP contribution in [0, 0.1) is 5.82 Å². The molecule has 4 aromatic rings. The zero-order valence-electron chi connectivity index (χ0n) is 22.7. The molecular weight excluding hydrogens is 549 g/mol. The van der Waals surface area contributed by atoms with Crippen LogP contribution in [0.4, 0.5) is 10.2 Å². The van der Waals surface area contributed by atoms with E-state index in [2.05, 4.69) is 26.3 Å². The largest absolute Gasteiger partial charge is 0.478 e. The Balaban J connectivity index is 1.14. The molecule has 0 amide bonds. The number of pyridine rings is 1. The summed E-state index contributed by atoms with van der Waals surface area (Å²) in [7, 11) is 0. The molecule has 0 unspecified atom stereocenters. The molecule has 41 heavy (non-hydrogen) atoms. The number of hydrogen-bond donors (Lipinski definition) is 1. The van der Waals surface area contributed by atoms with Gasteiger partial charge in [-0.1, -0.05) is 23.7 Å². The van der Waals surface area contributed by atoms with Crippen LogP contribution in [0.25, 0.3) is 11.0 Å². The molecule has 0 aliphatic carbocycles. The van der Waals surface area contributed by atoms with Crippen molar-refractivity contribution in [3.63, 3.8) is 0 Å². The molecule has 6 rings (SSSR count). The molecule has 0 spiro atoms. The van der Waals surface area contributed by atoms with E-state index in [0.717, 1.165) is 55.3 Å². The number of piperazine rings is 1. The lowest BCUT2D eigenvalue weighted by molar-refractivity contribution is -0.0592. The lowest BCUT2D eigenvalue weighted by Gasteiger charge is -2.40. The van der Waals surface area contributed by atoms with Crippen molar-refractivity contribution in [3.05, 3.63) is 82.4 Å². The summed E-state index contributed by atoms with van der Waals surface area (Å²) < 4.78 is 27.8. The molecule has 9 nitrogen and oxygen atoms in total. The summed E-state index contributed by atoms with van der Waals surface area (Å²) in [6.45, 7) is 6.61. The quantitative estimate of drug-likeness (QED) is 0.296. The van der Waals surface area contributed by atoms with E-state index >= 15 is 0 Å². The summed E-state index contributed by atoms with van der Waals surface area (Å²) in [6.07, 6.45) is 1.10. The Labute approximate surface area is 242 Å². The third kappa shape index (κ3) is 6.00. The predicted molar refractivity (Wildman–Crippen MR) is 153 cm³/mol. The van der Waals surface area contributed by atoms with Gasteiger partial charge in [-0.25, -0.2) is 14.2 Å². The third-order valence-corrected chi connectivity index (χ3v) is 8.02. The van der Waals surface area contributed by atoms with Crippen molar-refractivity contribution >= 4 is 34.4 Å². The Morgan fingerprint density at radius 3 is 2.76 bits per heavy atom. The Hall–Kier alpha value is -3.73. The summed E-state index contributed by atoms with van der Waals surface area (Å²) >= 11 is 5.85. The number of imidazole rings is 1. The first-order valence-electron chi connectivity index (χ1n) is 13.7. The summed E-state index contributed by atoms with van der Waals surface area (Å²) in [5.41, 5.74) is 2.27. The van der Waals surface area contributed by atoms with Crippen LogP contribution in [0.3, 0.4) is 0 Å². The van der Waals surface area contributed by atoms with Crippen molar-refractivity contribution < 1.29 is 23.8 Å². The van der Waals surface area contributed by atoms with Gasteiger partial charge in [0.25, 0.3) is 0 Å². The smallest absolute Gasteiger partial charge is 0.335 e. The molecule has 2 aromatic carbocycles. The van der Waals surface area contributed by atoms with Crippen LogP contribution in [0.15, 0.2) is 54.6 Å². The van der Waals surface area contributed by atoms with Crippen molar-refractivity contribution in [2.75, 3.05) is 31.1 Å². The van der Waals surface area contributed by atoms with Crippen molar-refractivity contribution in [1.82, 2.24) is 19.4 Å². The van der Waals surface area contributed by atoms with Gasteiger partial charge >= 0.3 is 5.97 Å². The van der Waals surface area contributed by atoms with Gasteiger partial charge in [-0.2, -0.15) is 4.98 Å². The van der Waals surface area contributed by atoms with Gasteiger partial charge in [0.05, 0.1) is 35.8 Å². The van der Waals surface area contributed by atoms with Crippen LogP contribution in [0.1, 0.15) is 35.1 Å². The minimum absolute atomic E-state index is 0.0600. The zero-order chi connectivity index (χ0) is 28.5. The topological polar surface area (TPSA) is 93.0 Å². The third-order valence-electron chi connectivity index (χ3n) is 7.79. The first kappa shape index (κ1) is 27.4. The second-order valence-corrected chi connectivity index (χ2v) is 11.0. The highest BCUT2D eigenvalue weighted by Crippen LogP contribution is 2.26. The monoisotopic (exact) mass is 579 g/mol. The van der Waals surface area contributed by atoms with Crippen molar-refractivity contribution in [1.29, 1.82) is 0 Å². The Kier molecular flexibility index (Phi) is 7.79. The van der Waals surface area contributed by atoms with Gasteiger partial charge in [-0.05, 0) is 49.7 Å². The highest BCUT2D eigenvalue weighted by atomic mass is 35.5. The van der Waals surface area contributed by atoms with Gasteiger partial charge in [-0.15, -0.1) is 0 Å². The van der Waals surface area contributed by atoms with Crippen LogP contribution in [0.5, 0.6) is 5.88 Å². The fourth-order valence-electron chi connectivity index (χ4n) is 5.33. The second kappa shape index (κ2) is 11.6. The van der Waals surface area contributed by atoms with E-state index in [1.165, 1.54) is 6.07 Å². The summed E-state index contributed by atoms with van der Waals surface area (Å²) in [4.78, 5) is 25.8. The van der Waals surface area contributed by atoms with Crippen LogP contribution >= 0.6 is 11.6 Å². The number of carbonyl (C=O) groups is 1. The number of anilines is 1. The van der Waals surface area contributed by atoms with Gasteiger partial charge in [0.1, 0.15) is 24.1 Å². The molecule has 2 aliphatic heterocycles. The Morgan fingerprint density at radius 1 is 1.17 bits per heavy atom. The van der Waals surface area contributed by atoms with Crippen LogP contribution in [-0.2, 0) is 24.4 Å². The molecule has 0 radical (unpaired) electrons. The number of carboxylic acid groups (broad SMARTS) is 1. The first-order valence-corrected chi connectivity index (χ1v) is 14.1. The first-order chi connectivity index (χ1) is 19.8. The Bertz CT molecular complexity index is 1580. The average Bonchev–Trinajstić information content (AvgIpc) is 3.27. The molecule has 4 heterocycles. The number of ether oxygens (including phenoxy) is 2. The fourth-order valence-corrected chi connectivity index (χ4v) is 5.49. The molecule has 2 atom stereocenters. The number of nitrogens with zero attached hydrogens (tertiary/aromatic N) is 5. The number of carboxylic acids is 1. The van der Waals surface area contributed by atoms with E-state index in [9.17, 15) is 14.3 Å². The minimum Gasteiger partial charge on any atom is -0.478 e. The second-order valence-electron chi connectivity index (χ2n) is 10.6. The molecule has 11 heteroatoms. The van der Waals surface area contributed by atoms with E-state index in [1.807, 2.05) is 12.1 Å². The van der Waals surface area contributed by atoms with Gasteiger partial charge in [0.2, 0.25) is 5.88 Å². The number of hydrogen-bond acceptors (Lipinski definition) is 7. The number of aromatic carboxylic acids is 1. The van der Waals surface area contributed by atoms with Gasteiger partial charge in [-0.3, -0.25) is 4.90 Å². The number of fused-ring (bicyclic) bond motifs is 1. The number of rotatable bonds is 9. The maximum Gasteiger partial charge on any atom is 0.335 e. The van der Waals surface area contributed by atoms with Gasteiger partial charge < -0.3 is 24.0 Å². The lowest BCUT2D eigenvalue weighted by Crippen LogP contribution is -2.52. The lowest BCUT2D eigenvalue weighted by atomic mass is 10.1. The van der Waals surface area contributed by atoms with Crippen LogP contribution in [-0.4, -0.2) is 68.9 Å². The van der Waals surface area contributed by atoms with Crippen LogP contribution < -0.4 is 9.64 Å². The summed E-state index contributed by atoms with van der Waals surface area (Å²) in [5, 5.41) is 9.86. The molecule has 2 aliphatic rings. The van der Waals surface area contributed by atoms with Crippen LogP contribution in [0.2, 0.25) is 5.02 Å². The SMILES string of the molecule is C[C@H]1CN(c2cccc(OCc3ccc(Cl)cc3F)n2)CCN1Cc1nc2ccc(C(=O)O)cc2n1C[C@@H]1CCO1. The van der Waals surface area contributed by atoms with Gasteiger partial charge in [0, 0.05) is 48.9 Å². The molecule has 0 bridgehead atoms. The molecule has 2 aromatic heterocycles. The highest BCUT2D eigenvalue weighted by Gasteiger charge is 2.28. The van der Waals surface area contributed by atoms with E-state index < -0.39 is 11.8 Å². The molecule has 2 fully saturated rings. The molecular formula is C30H31ClFN5O4. The van der Waals surface area contributed by atoms with E-state index in [4.69, 9.17) is 26.1 Å². The number of halogens is 2. The van der Waals surface area contributed by atoms with E-state index in [0.29, 0.717) is 29.6 Å². The average molecular weight is 580 g/mol. The minimum atomic E-state index is -0.953.